The molecule has 0 bridgehead atoms. The van der Waals surface area contributed by atoms with E-state index in [1.165, 1.54) is 6.07 Å². The van der Waals surface area contributed by atoms with Crippen molar-refractivity contribution in [2.24, 2.45) is 0 Å². The van der Waals surface area contributed by atoms with Crippen molar-refractivity contribution < 1.29 is 52.7 Å². The third kappa shape index (κ3) is 5.57. The lowest BCUT2D eigenvalue weighted by atomic mass is 10.0. The Morgan fingerprint density at radius 2 is 1.50 bits per heavy atom. The average Bonchev–Trinajstić information content (AvgIpc) is 2.98. The Morgan fingerprint density at radius 1 is 1.00 bits per heavy atom. The maximum atomic E-state index is 14.3. The summed E-state index contributed by atoms with van der Waals surface area (Å²) >= 11 is 6.07. The van der Waals surface area contributed by atoms with Gasteiger partial charge in [0.25, 0.3) is 0 Å². The molecular weight excluding hydrogens is 564 g/mol. The lowest BCUT2D eigenvalue weighted by molar-refractivity contribution is -0.197. The van der Waals surface area contributed by atoms with E-state index < -0.39 is 89.9 Å². The number of ether oxygens (including phenoxy) is 1. The molecule has 0 spiro atoms. The number of carbonyl (C=O) groups excluding carboxylic acids is 1. The van der Waals surface area contributed by atoms with Gasteiger partial charge in [0.2, 0.25) is 10.2 Å². The fraction of sp³-hybridized carbons (Fsp3) is 0.650. The Kier molecular flexibility index (Phi) is 8.64. The highest BCUT2D eigenvalue weighted by Crippen LogP contribution is 2.44. The molecule has 1 aromatic rings. The summed E-state index contributed by atoms with van der Waals surface area (Å²) in [5, 5.41) is -0.441. The molecule has 0 aromatic heterocycles. The molecule has 16 heteroatoms. The van der Waals surface area contributed by atoms with Crippen molar-refractivity contribution in [2.45, 2.75) is 56.1 Å². The number of amides is 1. The zero-order valence-electron chi connectivity index (χ0n) is 19.3. The molecule has 0 N–H and O–H groups in total. The fourth-order valence-electron chi connectivity index (χ4n) is 3.95. The van der Waals surface area contributed by atoms with Crippen LogP contribution in [0.1, 0.15) is 31.9 Å². The number of halogens is 7. The third-order valence-electron chi connectivity index (χ3n) is 6.13. The van der Waals surface area contributed by atoms with Crippen molar-refractivity contribution in [3.8, 4) is 5.75 Å². The first-order valence-corrected chi connectivity index (χ1v) is 14.3. The van der Waals surface area contributed by atoms with Gasteiger partial charge in [-0.15, -0.1) is 0 Å². The highest BCUT2D eigenvalue weighted by molar-refractivity contribution is 8.10. The summed E-state index contributed by atoms with van der Waals surface area (Å²) in [6.45, 7) is 1.44. The van der Waals surface area contributed by atoms with E-state index in [0.717, 1.165) is 19.9 Å². The molecular formula is C20H24ClF6NO6S2. The van der Waals surface area contributed by atoms with Crippen LogP contribution in [0.3, 0.4) is 0 Å². The molecule has 0 radical (unpaired) electrons. The predicted molar refractivity (Wildman–Crippen MR) is 119 cm³/mol. The van der Waals surface area contributed by atoms with Gasteiger partial charge in [-0.05, 0) is 31.4 Å². The smallest absolute Gasteiger partial charge is 0.471 e. The van der Waals surface area contributed by atoms with Gasteiger partial charge in [0.05, 0.1) is 5.02 Å². The van der Waals surface area contributed by atoms with Crippen molar-refractivity contribution in [1.29, 1.82) is 0 Å². The topological polar surface area (TPSA) is 97.8 Å². The Hall–Kier alpha value is -1.74. The van der Waals surface area contributed by atoms with E-state index >= 15 is 0 Å². The fourth-order valence-corrected chi connectivity index (χ4v) is 8.59. The molecule has 1 amide bonds. The Morgan fingerprint density at radius 3 is 1.94 bits per heavy atom. The van der Waals surface area contributed by atoms with Crippen LogP contribution in [0.5, 0.6) is 5.75 Å². The number of carbonyl (C=O) groups is 1. The first-order chi connectivity index (χ1) is 16.2. The minimum Gasteiger partial charge on any atom is -0.476 e. The van der Waals surface area contributed by atoms with Crippen molar-refractivity contribution in [2.75, 3.05) is 24.6 Å². The lowest BCUT2D eigenvalue weighted by Crippen LogP contribution is -2.62. The second-order valence-corrected chi connectivity index (χ2v) is 14.1. The number of benzene rings is 1. The van der Waals surface area contributed by atoms with Crippen molar-refractivity contribution >= 4 is 37.2 Å². The molecule has 0 aliphatic carbocycles. The first-order valence-electron chi connectivity index (χ1n) is 10.6. The molecule has 1 heterocycles. The van der Waals surface area contributed by atoms with Crippen LogP contribution in [0.4, 0.5) is 26.3 Å². The van der Waals surface area contributed by atoms with Gasteiger partial charge in [0.15, 0.2) is 19.7 Å². The maximum absolute atomic E-state index is 14.3. The normalized spacial score (nSPS) is 16.8. The highest BCUT2D eigenvalue weighted by atomic mass is 35.5. The van der Waals surface area contributed by atoms with Gasteiger partial charge < -0.3 is 9.64 Å². The summed E-state index contributed by atoms with van der Waals surface area (Å²) in [6, 6.07) is 2.43. The van der Waals surface area contributed by atoms with Crippen LogP contribution in [0.2, 0.25) is 5.02 Å². The molecule has 1 aliphatic rings. The van der Waals surface area contributed by atoms with Crippen LogP contribution in [0.25, 0.3) is 0 Å². The standard InChI is InChI=1S/C20H24ClF6NO6S2/c1-4-35(30,31)18(3,36(32,33)5-2)16(19(22,23)24)34-15-13-9-11-28(17(29)20(25,26)27)10-8-12(13)6-7-14(15)21/h6-7,16H,4-5,8-11H2,1-3H3. The SMILES string of the molecule is CCS(=O)(=O)C(C)(C(Oc1c(Cl)ccc2c1CCN(C(=O)C(F)(F)F)CC2)C(F)(F)F)S(=O)(=O)CC. The predicted octanol–water partition coefficient (Wildman–Crippen LogP) is 3.72. The molecule has 0 saturated heterocycles. The van der Waals surface area contributed by atoms with E-state index in [9.17, 15) is 48.0 Å². The Labute approximate surface area is 209 Å². The molecule has 0 saturated carbocycles. The average molecular weight is 588 g/mol. The number of hydrogen-bond acceptors (Lipinski definition) is 6. The van der Waals surface area contributed by atoms with Gasteiger partial charge >= 0.3 is 18.3 Å². The molecule has 36 heavy (non-hydrogen) atoms. The zero-order valence-corrected chi connectivity index (χ0v) is 21.7. The van der Waals surface area contributed by atoms with Crippen molar-refractivity contribution in [3.63, 3.8) is 0 Å². The molecule has 1 unspecified atom stereocenters. The number of rotatable bonds is 7. The van der Waals surface area contributed by atoms with E-state index in [1.807, 2.05) is 0 Å². The first kappa shape index (κ1) is 30.5. The van der Waals surface area contributed by atoms with Crippen LogP contribution in [0, 0.1) is 0 Å². The molecule has 1 atom stereocenters. The van der Waals surface area contributed by atoms with Crippen LogP contribution in [-0.2, 0) is 37.3 Å². The summed E-state index contributed by atoms with van der Waals surface area (Å²) in [5.41, 5.74) is 0.130. The largest absolute Gasteiger partial charge is 0.476 e. The van der Waals surface area contributed by atoms with E-state index in [-0.39, 0.29) is 17.5 Å². The number of sulfone groups is 2. The van der Waals surface area contributed by atoms with Crippen molar-refractivity contribution in [1.82, 2.24) is 4.90 Å². The molecule has 2 rings (SSSR count). The van der Waals surface area contributed by atoms with Gasteiger partial charge in [0.1, 0.15) is 5.75 Å². The van der Waals surface area contributed by atoms with E-state index in [4.69, 9.17) is 16.3 Å². The Bertz CT molecular complexity index is 1180. The summed E-state index contributed by atoms with van der Waals surface area (Å²) < 4.78 is 134. The third-order valence-corrected chi connectivity index (χ3v) is 12.4. The van der Waals surface area contributed by atoms with E-state index in [1.54, 1.807) is 0 Å². The van der Waals surface area contributed by atoms with Gasteiger partial charge in [-0.2, -0.15) is 26.3 Å². The summed E-state index contributed by atoms with van der Waals surface area (Å²) in [4.78, 5) is 12.1. The molecule has 1 aromatic carbocycles. The van der Waals surface area contributed by atoms with Crippen LogP contribution >= 0.6 is 11.6 Å². The molecule has 206 valence electrons. The van der Waals surface area contributed by atoms with Crippen LogP contribution in [-0.4, -0.2) is 74.8 Å². The minimum absolute atomic E-state index is 0.0839. The number of fused-ring (bicyclic) bond motifs is 1. The second-order valence-electron chi connectivity index (χ2n) is 8.17. The number of hydrogen-bond donors (Lipinski definition) is 0. The van der Waals surface area contributed by atoms with Gasteiger partial charge in [-0.1, -0.05) is 31.5 Å². The minimum atomic E-state index is -5.52. The summed E-state index contributed by atoms with van der Waals surface area (Å²) in [5.74, 6) is -4.74. The highest BCUT2D eigenvalue weighted by Gasteiger charge is 2.66. The maximum Gasteiger partial charge on any atom is 0.471 e. The van der Waals surface area contributed by atoms with Gasteiger partial charge in [-0.25, -0.2) is 16.8 Å². The number of nitrogens with zero attached hydrogens (tertiary/aromatic N) is 1. The van der Waals surface area contributed by atoms with Gasteiger partial charge in [0, 0.05) is 30.2 Å². The second kappa shape index (κ2) is 10.2. The lowest BCUT2D eigenvalue weighted by Gasteiger charge is -2.37. The van der Waals surface area contributed by atoms with Gasteiger partial charge in [-0.3, -0.25) is 4.79 Å². The van der Waals surface area contributed by atoms with E-state index in [0.29, 0.717) is 11.8 Å². The van der Waals surface area contributed by atoms with E-state index in [2.05, 4.69) is 0 Å². The van der Waals surface area contributed by atoms with Crippen LogP contribution < -0.4 is 4.74 Å². The molecule has 1 aliphatic heterocycles. The monoisotopic (exact) mass is 587 g/mol. The van der Waals surface area contributed by atoms with Crippen LogP contribution in [0.15, 0.2) is 12.1 Å². The summed E-state index contributed by atoms with van der Waals surface area (Å²) in [7, 11) is -9.93. The zero-order chi connectivity index (χ0) is 27.9. The molecule has 0 fully saturated rings. The van der Waals surface area contributed by atoms with Crippen molar-refractivity contribution in [3.05, 3.63) is 28.3 Å². The Balaban J connectivity index is 2.68. The molecule has 7 nitrogen and oxygen atoms in total. The number of alkyl halides is 6. The quantitative estimate of drug-likeness (QED) is 0.451. The summed E-state index contributed by atoms with van der Waals surface area (Å²) in [6.07, 6.45) is -14.7.